The van der Waals surface area contributed by atoms with Crippen LogP contribution in [0.5, 0.6) is 0 Å². The molecule has 5 heteroatoms. The molecule has 4 nitrogen and oxygen atoms in total. The Morgan fingerprint density at radius 1 is 1.21 bits per heavy atom. The summed E-state index contributed by atoms with van der Waals surface area (Å²) >= 11 is 5.77. The molecule has 2 rings (SSSR count). The van der Waals surface area contributed by atoms with E-state index >= 15 is 0 Å². The van der Waals surface area contributed by atoms with Crippen LogP contribution in [0.25, 0.3) is 0 Å². The van der Waals surface area contributed by atoms with E-state index in [9.17, 15) is 4.79 Å². The maximum Gasteiger partial charge on any atom is 0.257 e. The first kappa shape index (κ1) is 12.9. The van der Waals surface area contributed by atoms with Gasteiger partial charge in [0.15, 0.2) is 0 Å². The van der Waals surface area contributed by atoms with Crippen molar-refractivity contribution in [2.45, 2.75) is 0 Å². The predicted octanol–water partition coefficient (Wildman–Crippen LogP) is 3.05. The van der Waals surface area contributed by atoms with Crippen LogP contribution in [0.2, 0.25) is 5.02 Å². The molecule has 0 atom stereocenters. The summed E-state index contributed by atoms with van der Waals surface area (Å²) in [7, 11) is 0. The van der Waals surface area contributed by atoms with Crippen LogP contribution in [0.4, 0.5) is 11.4 Å². The summed E-state index contributed by atoms with van der Waals surface area (Å²) in [5, 5.41) is 11.9. The maximum atomic E-state index is 12.0. The lowest BCUT2D eigenvalue weighted by molar-refractivity contribution is 0.102. The number of nitrogens with two attached hydrogens (primary N) is 1. The third-order valence-electron chi connectivity index (χ3n) is 2.53. The molecule has 94 valence electrons. The van der Waals surface area contributed by atoms with Crippen LogP contribution in [0.15, 0.2) is 42.5 Å². The smallest absolute Gasteiger partial charge is 0.257 e. The van der Waals surface area contributed by atoms with Crippen LogP contribution in [-0.4, -0.2) is 5.91 Å². The standard InChI is InChI=1S/C14H10ClN3O/c15-10-3-6-12(13(17)7-10)14(19)18-11-4-1-9(8-16)2-5-11/h1-7H,17H2,(H,18,19). The number of nitrogens with one attached hydrogen (secondary N) is 1. The fraction of sp³-hybridized carbons (Fsp3) is 0. The SMILES string of the molecule is N#Cc1ccc(NC(=O)c2ccc(Cl)cc2N)cc1. The number of nitriles is 1. The summed E-state index contributed by atoms with van der Waals surface area (Å²) in [5.74, 6) is -0.320. The molecule has 0 unspecified atom stereocenters. The minimum atomic E-state index is -0.320. The van der Waals surface area contributed by atoms with Crippen molar-refractivity contribution in [3.63, 3.8) is 0 Å². The molecule has 2 aromatic rings. The number of carbonyl (C=O) groups is 1. The van der Waals surface area contributed by atoms with E-state index in [1.807, 2.05) is 6.07 Å². The highest BCUT2D eigenvalue weighted by Gasteiger charge is 2.10. The molecule has 0 saturated heterocycles. The van der Waals surface area contributed by atoms with E-state index in [-0.39, 0.29) is 5.91 Å². The van der Waals surface area contributed by atoms with Gasteiger partial charge in [0.2, 0.25) is 0 Å². The second-order valence-corrected chi connectivity index (χ2v) is 4.31. The number of rotatable bonds is 2. The Balaban J connectivity index is 2.18. The van der Waals surface area contributed by atoms with Crippen LogP contribution in [0.1, 0.15) is 15.9 Å². The zero-order valence-electron chi connectivity index (χ0n) is 9.85. The third-order valence-corrected chi connectivity index (χ3v) is 2.77. The molecule has 0 saturated carbocycles. The number of benzene rings is 2. The quantitative estimate of drug-likeness (QED) is 0.824. The van der Waals surface area contributed by atoms with Crippen molar-refractivity contribution in [3.8, 4) is 6.07 Å². The van der Waals surface area contributed by atoms with Crippen molar-refractivity contribution in [2.75, 3.05) is 11.1 Å². The molecule has 0 radical (unpaired) electrons. The highest BCUT2D eigenvalue weighted by molar-refractivity contribution is 6.31. The van der Waals surface area contributed by atoms with Crippen molar-refractivity contribution in [2.24, 2.45) is 0 Å². The fourth-order valence-corrected chi connectivity index (χ4v) is 1.75. The average Bonchev–Trinajstić information content (AvgIpc) is 2.39. The Hall–Kier alpha value is -2.51. The summed E-state index contributed by atoms with van der Waals surface area (Å²) in [6, 6.07) is 13.3. The Labute approximate surface area is 115 Å². The van der Waals surface area contributed by atoms with Gasteiger partial charge < -0.3 is 11.1 Å². The second kappa shape index (κ2) is 5.42. The lowest BCUT2D eigenvalue weighted by atomic mass is 10.1. The fourth-order valence-electron chi connectivity index (χ4n) is 1.57. The summed E-state index contributed by atoms with van der Waals surface area (Å²) in [6.45, 7) is 0. The van der Waals surface area contributed by atoms with E-state index in [0.717, 1.165) is 0 Å². The number of anilines is 2. The Morgan fingerprint density at radius 2 is 1.89 bits per heavy atom. The molecule has 19 heavy (non-hydrogen) atoms. The summed E-state index contributed by atoms with van der Waals surface area (Å²) in [6.07, 6.45) is 0. The number of nitrogens with zero attached hydrogens (tertiary/aromatic N) is 1. The summed E-state index contributed by atoms with van der Waals surface area (Å²) in [5.41, 5.74) is 7.53. The first-order valence-corrected chi connectivity index (χ1v) is 5.84. The number of hydrogen-bond donors (Lipinski definition) is 2. The van der Waals surface area contributed by atoms with Gasteiger partial charge in [-0.2, -0.15) is 5.26 Å². The van der Waals surface area contributed by atoms with Crippen molar-refractivity contribution in [1.29, 1.82) is 5.26 Å². The molecule has 0 bridgehead atoms. The second-order valence-electron chi connectivity index (χ2n) is 3.87. The van der Waals surface area contributed by atoms with Crippen molar-refractivity contribution in [3.05, 3.63) is 58.6 Å². The van der Waals surface area contributed by atoms with Crippen LogP contribution in [0.3, 0.4) is 0 Å². The molecule has 3 N–H and O–H groups in total. The normalized spacial score (nSPS) is 9.68. The van der Waals surface area contributed by atoms with Crippen LogP contribution < -0.4 is 11.1 Å². The summed E-state index contributed by atoms with van der Waals surface area (Å²) < 4.78 is 0. The van der Waals surface area contributed by atoms with Gasteiger partial charge in [0.1, 0.15) is 0 Å². The van der Waals surface area contributed by atoms with Gasteiger partial charge in [-0.3, -0.25) is 4.79 Å². The topological polar surface area (TPSA) is 78.9 Å². The lowest BCUT2D eigenvalue weighted by Crippen LogP contribution is -2.13. The molecule has 0 fully saturated rings. The molecule has 0 aliphatic rings. The van der Waals surface area contributed by atoms with E-state index in [4.69, 9.17) is 22.6 Å². The molecule has 0 aliphatic carbocycles. The molecule has 0 heterocycles. The number of hydrogen-bond acceptors (Lipinski definition) is 3. The molecule has 2 aromatic carbocycles. The first-order valence-electron chi connectivity index (χ1n) is 5.46. The Bertz CT molecular complexity index is 659. The highest BCUT2D eigenvalue weighted by atomic mass is 35.5. The first-order chi connectivity index (χ1) is 9.10. The van der Waals surface area contributed by atoms with E-state index < -0.39 is 0 Å². The minimum Gasteiger partial charge on any atom is -0.398 e. The van der Waals surface area contributed by atoms with Gasteiger partial charge in [-0.05, 0) is 42.5 Å². The van der Waals surface area contributed by atoms with Gasteiger partial charge in [0.25, 0.3) is 5.91 Å². The molecular formula is C14H10ClN3O. The van der Waals surface area contributed by atoms with Gasteiger partial charge >= 0.3 is 0 Å². The van der Waals surface area contributed by atoms with E-state index in [1.54, 1.807) is 36.4 Å². The van der Waals surface area contributed by atoms with Crippen molar-refractivity contribution >= 4 is 28.9 Å². The van der Waals surface area contributed by atoms with Crippen molar-refractivity contribution < 1.29 is 4.79 Å². The summed E-state index contributed by atoms with van der Waals surface area (Å²) in [4.78, 5) is 12.0. The third kappa shape index (κ3) is 3.03. The van der Waals surface area contributed by atoms with Gasteiger partial charge in [-0.15, -0.1) is 0 Å². The predicted molar refractivity (Wildman–Crippen MR) is 75.0 cm³/mol. The Kier molecular flexibility index (Phi) is 3.69. The zero-order chi connectivity index (χ0) is 13.8. The van der Waals surface area contributed by atoms with Crippen LogP contribution in [-0.2, 0) is 0 Å². The highest BCUT2D eigenvalue weighted by Crippen LogP contribution is 2.19. The Morgan fingerprint density at radius 3 is 2.47 bits per heavy atom. The van der Waals surface area contributed by atoms with Crippen LogP contribution >= 0.6 is 11.6 Å². The lowest BCUT2D eigenvalue weighted by Gasteiger charge is -2.07. The number of nitrogen functional groups attached to an aromatic ring is 1. The molecular weight excluding hydrogens is 262 g/mol. The molecule has 0 aromatic heterocycles. The van der Waals surface area contributed by atoms with E-state index in [1.165, 1.54) is 6.07 Å². The number of halogens is 1. The zero-order valence-corrected chi connectivity index (χ0v) is 10.6. The van der Waals surface area contributed by atoms with Crippen molar-refractivity contribution in [1.82, 2.24) is 0 Å². The number of carbonyl (C=O) groups excluding carboxylic acids is 1. The molecule has 0 spiro atoms. The largest absolute Gasteiger partial charge is 0.398 e. The van der Waals surface area contributed by atoms with Gasteiger partial charge in [0, 0.05) is 16.4 Å². The monoisotopic (exact) mass is 271 g/mol. The van der Waals surface area contributed by atoms with E-state index in [0.29, 0.717) is 27.5 Å². The number of amides is 1. The van der Waals surface area contributed by atoms with Crippen LogP contribution in [0, 0.1) is 11.3 Å². The van der Waals surface area contributed by atoms with Gasteiger partial charge in [-0.25, -0.2) is 0 Å². The molecule has 1 amide bonds. The average molecular weight is 272 g/mol. The van der Waals surface area contributed by atoms with E-state index in [2.05, 4.69) is 5.32 Å². The minimum absolute atomic E-state index is 0.318. The maximum absolute atomic E-state index is 12.0. The van der Waals surface area contributed by atoms with Gasteiger partial charge in [-0.1, -0.05) is 11.6 Å². The molecule has 0 aliphatic heterocycles. The van der Waals surface area contributed by atoms with Gasteiger partial charge in [0.05, 0.1) is 17.2 Å².